The molecular weight excluding hydrogens is 322 g/mol. The molecule has 0 bridgehead atoms. The molecule has 3 heteroatoms. The van der Waals surface area contributed by atoms with Crippen LogP contribution in [0, 0.1) is 34.5 Å². The quantitative estimate of drug-likeness (QED) is 0.688. The molecule has 26 heavy (non-hydrogen) atoms. The molecule has 7 atom stereocenters. The van der Waals surface area contributed by atoms with Crippen molar-refractivity contribution < 1.29 is 9.53 Å². The van der Waals surface area contributed by atoms with Gasteiger partial charge in [0.05, 0.1) is 12.7 Å². The fourth-order valence-corrected chi connectivity index (χ4v) is 7.21. The topological polar surface area (TPSA) is 38.3 Å². The molecule has 146 valence electrons. The first-order valence-corrected chi connectivity index (χ1v) is 10.8. The molecule has 5 unspecified atom stereocenters. The Labute approximate surface area is 159 Å². The molecule has 1 amide bonds. The van der Waals surface area contributed by atoms with Crippen molar-refractivity contribution >= 4 is 5.91 Å². The first-order valence-electron chi connectivity index (χ1n) is 10.8. The van der Waals surface area contributed by atoms with Crippen LogP contribution in [-0.4, -0.2) is 24.2 Å². The van der Waals surface area contributed by atoms with Gasteiger partial charge in [0.15, 0.2) is 0 Å². The molecule has 3 aliphatic carbocycles. The maximum atomic E-state index is 13.0. The van der Waals surface area contributed by atoms with Crippen molar-refractivity contribution in [1.82, 2.24) is 5.32 Å². The number of ether oxygens (including phenoxy) is 1. The lowest BCUT2D eigenvalue weighted by molar-refractivity contribution is -0.142. The molecule has 0 saturated heterocycles. The smallest absolute Gasteiger partial charge is 0.224 e. The third kappa shape index (κ3) is 2.77. The second-order valence-electron chi connectivity index (χ2n) is 11.0. The molecule has 1 N–H and O–H groups in total. The summed E-state index contributed by atoms with van der Waals surface area (Å²) < 4.78 is 6.13. The van der Waals surface area contributed by atoms with E-state index in [9.17, 15) is 4.79 Å². The lowest BCUT2D eigenvalue weighted by Gasteiger charge is -2.58. The van der Waals surface area contributed by atoms with Crippen LogP contribution in [0.3, 0.4) is 0 Å². The molecule has 0 aromatic rings. The van der Waals surface area contributed by atoms with Gasteiger partial charge >= 0.3 is 0 Å². The number of hydrogen-bond acceptors (Lipinski definition) is 2. The zero-order chi connectivity index (χ0) is 18.7. The van der Waals surface area contributed by atoms with Gasteiger partial charge in [-0.1, -0.05) is 26.0 Å². The molecule has 0 aromatic carbocycles. The van der Waals surface area contributed by atoms with Crippen LogP contribution in [0.5, 0.6) is 0 Å². The minimum Gasteiger partial charge on any atom is -0.373 e. The van der Waals surface area contributed by atoms with Crippen molar-refractivity contribution in [3.05, 3.63) is 12.2 Å². The van der Waals surface area contributed by atoms with Crippen LogP contribution in [0.1, 0.15) is 73.1 Å². The number of amides is 1. The standard InChI is InChI=1S/C23H37NO2/c1-21(2,3)24-20(25)18-9-8-16-15-7-10-19-23(5,12-6-14-26-19)17(15)11-13-22(16,18)4/h6,12,15-19H,7-11,13-14H2,1-5H3,(H,24,25)/t15?,16?,17?,18?,19?,22-,23+/m0/s1. The van der Waals surface area contributed by atoms with Crippen molar-refractivity contribution in [1.29, 1.82) is 0 Å². The molecule has 1 heterocycles. The van der Waals surface area contributed by atoms with E-state index in [-0.39, 0.29) is 22.3 Å². The fraction of sp³-hybridized carbons (Fsp3) is 0.870. The van der Waals surface area contributed by atoms with E-state index in [1.807, 2.05) is 0 Å². The van der Waals surface area contributed by atoms with Gasteiger partial charge in [0.25, 0.3) is 0 Å². The molecule has 0 radical (unpaired) electrons. The molecule has 3 nitrogen and oxygen atoms in total. The number of carbonyl (C=O) groups is 1. The number of carbonyl (C=O) groups excluding carboxylic acids is 1. The lowest BCUT2D eigenvalue weighted by Crippen LogP contribution is -2.56. The molecule has 0 spiro atoms. The Bertz CT molecular complexity index is 606. The van der Waals surface area contributed by atoms with Gasteiger partial charge in [-0.2, -0.15) is 0 Å². The summed E-state index contributed by atoms with van der Waals surface area (Å²) in [5.41, 5.74) is 0.242. The van der Waals surface area contributed by atoms with E-state index in [4.69, 9.17) is 4.74 Å². The maximum absolute atomic E-state index is 13.0. The van der Waals surface area contributed by atoms with Crippen LogP contribution >= 0.6 is 0 Å². The van der Waals surface area contributed by atoms with E-state index in [1.165, 1.54) is 32.1 Å². The van der Waals surface area contributed by atoms with E-state index < -0.39 is 0 Å². The van der Waals surface area contributed by atoms with Gasteiger partial charge in [0.2, 0.25) is 5.91 Å². The Morgan fingerprint density at radius 2 is 1.85 bits per heavy atom. The van der Waals surface area contributed by atoms with Crippen LogP contribution in [0.25, 0.3) is 0 Å². The molecular formula is C23H37NO2. The highest BCUT2D eigenvalue weighted by atomic mass is 16.5. The first kappa shape index (κ1) is 18.5. The van der Waals surface area contributed by atoms with Crippen molar-refractivity contribution in [3.8, 4) is 0 Å². The highest BCUT2D eigenvalue weighted by Gasteiger charge is 2.60. The second kappa shape index (κ2) is 6.09. The van der Waals surface area contributed by atoms with E-state index in [0.717, 1.165) is 24.9 Å². The average Bonchev–Trinajstić information content (AvgIpc) is 2.90. The molecule has 3 fully saturated rings. The Morgan fingerprint density at radius 3 is 2.58 bits per heavy atom. The van der Waals surface area contributed by atoms with Crippen LogP contribution in [0.15, 0.2) is 12.2 Å². The van der Waals surface area contributed by atoms with Crippen molar-refractivity contribution in [2.24, 2.45) is 34.5 Å². The largest absolute Gasteiger partial charge is 0.373 e. The first-order chi connectivity index (χ1) is 12.2. The van der Waals surface area contributed by atoms with Gasteiger partial charge in [0.1, 0.15) is 0 Å². The lowest BCUT2D eigenvalue weighted by atomic mass is 9.48. The normalized spacial score (nSPS) is 47.7. The van der Waals surface area contributed by atoms with Gasteiger partial charge < -0.3 is 10.1 Å². The second-order valence-corrected chi connectivity index (χ2v) is 11.0. The third-order valence-electron chi connectivity index (χ3n) is 8.38. The highest BCUT2D eigenvalue weighted by Crippen LogP contribution is 2.65. The summed E-state index contributed by atoms with van der Waals surface area (Å²) in [5.74, 6) is 2.66. The van der Waals surface area contributed by atoms with Crippen LogP contribution in [0.2, 0.25) is 0 Å². The number of nitrogens with one attached hydrogen (secondary N) is 1. The number of hydrogen-bond donors (Lipinski definition) is 1. The molecule has 1 aliphatic heterocycles. The molecule has 0 aromatic heterocycles. The molecule has 4 aliphatic rings. The van der Waals surface area contributed by atoms with Gasteiger partial charge in [-0.3, -0.25) is 4.79 Å². The summed E-state index contributed by atoms with van der Waals surface area (Å²) >= 11 is 0. The van der Waals surface area contributed by atoms with Gasteiger partial charge in [-0.15, -0.1) is 0 Å². The monoisotopic (exact) mass is 359 g/mol. The maximum Gasteiger partial charge on any atom is 0.224 e. The Hall–Kier alpha value is -0.830. The van der Waals surface area contributed by atoms with E-state index in [2.05, 4.69) is 52.1 Å². The molecule has 4 rings (SSSR count). The molecule has 3 saturated carbocycles. The summed E-state index contributed by atoms with van der Waals surface area (Å²) in [4.78, 5) is 13.0. The zero-order valence-electron chi connectivity index (χ0n) is 17.3. The summed E-state index contributed by atoms with van der Waals surface area (Å²) in [6.07, 6.45) is 12.3. The third-order valence-corrected chi connectivity index (χ3v) is 8.38. The van der Waals surface area contributed by atoms with Crippen molar-refractivity contribution in [2.45, 2.75) is 84.8 Å². The summed E-state index contributed by atoms with van der Waals surface area (Å²) in [6.45, 7) is 11.9. The van der Waals surface area contributed by atoms with E-state index in [0.29, 0.717) is 17.9 Å². The van der Waals surface area contributed by atoms with Gasteiger partial charge in [-0.25, -0.2) is 0 Å². The van der Waals surface area contributed by atoms with Crippen LogP contribution < -0.4 is 5.32 Å². The minimum atomic E-state index is -0.140. The highest BCUT2D eigenvalue weighted by molar-refractivity contribution is 5.80. The number of rotatable bonds is 1. The predicted octanol–water partition coefficient (Wildman–Crippen LogP) is 4.71. The van der Waals surface area contributed by atoms with Gasteiger partial charge in [0, 0.05) is 16.9 Å². The Balaban J connectivity index is 1.57. The van der Waals surface area contributed by atoms with Crippen LogP contribution in [0.4, 0.5) is 0 Å². The van der Waals surface area contributed by atoms with Crippen LogP contribution in [-0.2, 0) is 9.53 Å². The Morgan fingerprint density at radius 1 is 1.08 bits per heavy atom. The zero-order valence-corrected chi connectivity index (χ0v) is 17.3. The summed E-state index contributed by atoms with van der Waals surface area (Å²) in [7, 11) is 0. The van der Waals surface area contributed by atoms with E-state index >= 15 is 0 Å². The fourth-order valence-electron chi connectivity index (χ4n) is 7.21. The van der Waals surface area contributed by atoms with E-state index in [1.54, 1.807) is 0 Å². The minimum absolute atomic E-state index is 0.140. The number of fused-ring (bicyclic) bond motifs is 5. The van der Waals surface area contributed by atoms with Crippen molar-refractivity contribution in [3.63, 3.8) is 0 Å². The van der Waals surface area contributed by atoms with Crippen molar-refractivity contribution in [2.75, 3.05) is 6.61 Å². The summed E-state index contributed by atoms with van der Waals surface area (Å²) in [5, 5.41) is 3.27. The van der Waals surface area contributed by atoms with Gasteiger partial charge in [-0.05, 0) is 82.5 Å². The SMILES string of the molecule is CC(C)(C)NC(=O)C1CCC2C3CCC4OCC=C[C@]4(C)C3CC[C@]12C. The predicted molar refractivity (Wildman–Crippen MR) is 105 cm³/mol. The average molecular weight is 360 g/mol. The summed E-state index contributed by atoms with van der Waals surface area (Å²) in [6, 6.07) is 0. The Kier molecular flexibility index (Phi) is 4.34.